The number of carboxylic acid groups (broad SMARTS) is 1. The Hall–Kier alpha value is -1.79. The molecule has 3 nitrogen and oxygen atoms in total. The van der Waals surface area contributed by atoms with E-state index in [1.807, 2.05) is 0 Å². The highest BCUT2D eigenvalue weighted by molar-refractivity contribution is 5.83. The van der Waals surface area contributed by atoms with Crippen LogP contribution in [0.3, 0.4) is 0 Å². The second kappa shape index (κ2) is 3.66. The van der Waals surface area contributed by atoms with Crippen molar-refractivity contribution in [2.45, 2.75) is 24.4 Å². The third kappa shape index (κ3) is 1.48. The average Bonchev–Trinajstić information content (AvgIpc) is 2.24. The molecule has 0 radical (unpaired) electrons. The van der Waals surface area contributed by atoms with Gasteiger partial charge in [-0.05, 0) is 30.5 Å². The summed E-state index contributed by atoms with van der Waals surface area (Å²) in [6, 6.07) is 6.97. The molecule has 0 aromatic heterocycles. The number of aliphatic hydroxyl groups is 1. The smallest absolute Gasteiger partial charge is 0.314 e. The number of hydrogen-bond donors (Lipinski definition) is 2. The molecular weight excluding hydrogens is 204 g/mol. The molecule has 1 aromatic rings. The molecule has 1 fully saturated rings. The van der Waals surface area contributed by atoms with Crippen molar-refractivity contribution in [3.05, 3.63) is 35.4 Å². The number of terminal acetylenes is 1. The summed E-state index contributed by atoms with van der Waals surface area (Å²) in [5, 5.41) is 18.6. The van der Waals surface area contributed by atoms with Crippen molar-refractivity contribution in [2.24, 2.45) is 0 Å². The third-order valence-electron chi connectivity index (χ3n) is 3.16. The lowest BCUT2D eigenvalue weighted by Gasteiger charge is -2.42. The van der Waals surface area contributed by atoms with E-state index < -0.39 is 17.5 Å². The van der Waals surface area contributed by atoms with Gasteiger partial charge in [0.15, 0.2) is 0 Å². The topological polar surface area (TPSA) is 57.5 Å². The number of hydrogen-bond acceptors (Lipinski definition) is 2. The number of carboxylic acids is 1. The lowest BCUT2D eigenvalue weighted by Crippen LogP contribution is -2.50. The second-order valence-electron chi connectivity index (χ2n) is 4.17. The van der Waals surface area contributed by atoms with Crippen LogP contribution in [0.25, 0.3) is 0 Å². The third-order valence-corrected chi connectivity index (χ3v) is 3.16. The monoisotopic (exact) mass is 216 g/mol. The first-order valence-electron chi connectivity index (χ1n) is 5.07. The minimum Gasteiger partial charge on any atom is -0.481 e. The maximum Gasteiger partial charge on any atom is 0.314 e. The Morgan fingerprint density at radius 1 is 1.50 bits per heavy atom. The van der Waals surface area contributed by atoms with Gasteiger partial charge in [0.1, 0.15) is 0 Å². The van der Waals surface area contributed by atoms with E-state index in [-0.39, 0.29) is 12.8 Å². The normalized spacial score (nSPS) is 27.9. The molecule has 0 amide bonds. The van der Waals surface area contributed by atoms with Crippen LogP contribution in [0.5, 0.6) is 0 Å². The maximum atomic E-state index is 11.3. The number of aliphatic hydroxyl groups excluding tert-OH is 1. The van der Waals surface area contributed by atoms with Crippen LogP contribution in [0.2, 0.25) is 0 Å². The number of benzene rings is 1. The highest BCUT2D eigenvalue weighted by atomic mass is 16.4. The van der Waals surface area contributed by atoms with Crippen LogP contribution in [0.15, 0.2) is 24.3 Å². The molecule has 0 heterocycles. The Morgan fingerprint density at radius 2 is 2.19 bits per heavy atom. The van der Waals surface area contributed by atoms with Crippen LogP contribution in [0.1, 0.15) is 24.0 Å². The summed E-state index contributed by atoms with van der Waals surface area (Å²) in [7, 11) is 0. The van der Waals surface area contributed by atoms with Crippen molar-refractivity contribution >= 4 is 5.97 Å². The predicted molar refractivity (Wildman–Crippen MR) is 58.9 cm³/mol. The molecule has 1 aliphatic carbocycles. The molecule has 1 saturated carbocycles. The Morgan fingerprint density at radius 3 is 2.69 bits per heavy atom. The van der Waals surface area contributed by atoms with Gasteiger partial charge in [-0.25, -0.2) is 0 Å². The molecule has 0 spiro atoms. The van der Waals surface area contributed by atoms with Crippen LogP contribution in [-0.2, 0) is 10.2 Å². The molecule has 0 bridgehead atoms. The van der Waals surface area contributed by atoms with Crippen molar-refractivity contribution < 1.29 is 15.0 Å². The van der Waals surface area contributed by atoms with Crippen LogP contribution >= 0.6 is 0 Å². The van der Waals surface area contributed by atoms with Gasteiger partial charge >= 0.3 is 5.97 Å². The number of carbonyl (C=O) groups is 1. The summed E-state index contributed by atoms with van der Waals surface area (Å²) in [5.74, 6) is 1.59. The number of aliphatic carboxylic acids is 1. The van der Waals surface area contributed by atoms with E-state index in [0.29, 0.717) is 11.1 Å². The van der Waals surface area contributed by atoms with Gasteiger partial charge in [-0.2, -0.15) is 0 Å². The molecule has 1 aromatic carbocycles. The van der Waals surface area contributed by atoms with E-state index in [1.54, 1.807) is 24.3 Å². The van der Waals surface area contributed by atoms with Gasteiger partial charge in [-0.1, -0.05) is 18.1 Å². The molecular formula is C13H12O3. The zero-order valence-electron chi connectivity index (χ0n) is 8.68. The van der Waals surface area contributed by atoms with Gasteiger partial charge < -0.3 is 10.2 Å². The summed E-state index contributed by atoms with van der Waals surface area (Å²) in [6.45, 7) is 0. The van der Waals surface area contributed by atoms with Crippen LogP contribution < -0.4 is 0 Å². The summed E-state index contributed by atoms with van der Waals surface area (Å²) >= 11 is 0. The van der Waals surface area contributed by atoms with Gasteiger partial charge in [-0.3, -0.25) is 4.79 Å². The average molecular weight is 216 g/mol. The van der Waals surface area contributed by atoms with Crippen LogP contribution in [-0.4, -0.2) is 22.3 Å². The minimum absolute atomic E-state index is 0.260. The summed E-state index contributed by atoms with van der Waals surface area (Å²) in [6.07, 6.45) is 5.28. The molecule has 2 rings (SSSR count). The zero-order valence-corrected chi connectivity index (χ0v) is 8.68. The summed E-state index contributed by atoms with van der Waals surface area (Å²) in [4.78, 5) is 11.3. The Kier molecular flexibility index (Phi) is 2.45. The Bertz CT molecular complexity index is 464. The van der Waals surface area contributed by atoms with Crippen LogP contribution in [0, 0.1) is 12.3 Å². The van der Waals surface area contributed by atoms with E-state index in [1.165, 1.54) is 0 Å². The Balaban J connectivity index is 2.42. The largest absolute Gasteiger partial charge is 0.481 e. The standard InChI is InChI=1S/C13H12O3/c1-2-9-4-3-5-10(6-9)13(12(15)16)7-11(14)8-13/h1,3-6,11,14H,7-8H2,(H,15,16). The molecule has 3 heteroatoms. The zero-order chi connectivity index (χ0) is 11.8. The second-order valence-corrected chi connectivity index (χ2v) is 4.17. The molecule has 0 aliphatic heterocycles. The molecule has 0 saturated heterocycles. The first kappa shape index (κ1) is 10.7. The highest BCUT2D eigenvalue weighted by Gasteiger charge is 2.51. The SMILES string of the molecule is C#Cc1cccc(C2(C(=O)O)CC(O)C2)c1. The quantitative estimate of drug-likeness (QED) is 0.729. The van der Waals surface area contributed by atoms with E-state index >= 15 is 0 Å². The lowest BCUT2D eigenvalue weighted by atomic mass is 9.62. The van der Waals surface area contributed by atoms with Gasteiger partial charge in [0.2, 0.25) is 0 Å². The summed E-state index contributed by atoms with van der Waals surface area (Å²) in [5.41, 5.74) is 0.395. The fraction of sp³-hybridized carbons (Fsp3) is 0.308. The minimum atomic E-state index is -0.952. The predicted octanol–water partition coefficient (Wildman–Crippen LogP) is 1.15. The summed E-state index contributed by atoms with van der Waals surface area (Å²) < 4.78 is 0. The molecule has 0 atom stereocenters. The van der Waals surface area contributed by atoms with Crippen molar-refractivity contribution in [1.82, 2.24) is 0 Å². The molecule has 2 N–H and O–H groups in total. The number of rotatable bonds is 2. The highest BCUT2D eigenvalue weighted by Crippen LogP contribution is 2.44. The maximum absolute atomic E-state index is 11.3. The molecule has 1 aliphatic rings. The Labute approximate surface area is 93.7 Å². The molecule has 0 unspecified atom stereocenters. The fourth-order valence-electron chi connectivity index (χ4n) is 2.19. The van der Waals surface area contributed by atoms with Crippen molar-refractivity contribution in [3.8, 4) is 12.3 Å². The van der Waals surface area contributed by atoms with Gasteiger partial charge in [0, 0.05) is 5.56 Å². The fourth-order valence-corrected chi connectivity index (χ4v) is 2.19. The molecule has 16 heavy (non-hydrogen) atoms. The van der Waals surface area contributed by atoms with Gasteiger partial charge in [0.05, 0.1) is 11.5 Å². The van der Waals surface area contributed by atoms with Gasteiger partial charge in [-0.15, -0.1) is 6.42 Å². The van der Waals surface area contributed by atoms with Crippen molar-refractivity contribution in [3.63, 3.8) is 0 Å². The molecule has 82 valence electrons. The van der Waals surface area contributed by atoms with E-state index in [2.05, 4.69) is 5.92 Å². The lowest BCUT2D eigenvalue weighted by molar-refractivity contribution is -0.152. The first-order chi connectivity index (χ1) is 7.58. The van der Waals surface area contributed by atoms with Crippen molar-refractivity contribution in [2.75, 3.05) is 0 Å². The van der Waals surface area contributed by atoms with E-state index in [9.17, 15) is 15.0 Å². The van der Waals surface area contributed by atoms with Gasteiger partial charge in [0.25, 0.3) is 0 Å². The first-order valence-corrected chi connectivity index (χ1v) is 5.07. The van der Waals surface area contributed by atoms with Crippen LogP contribution in [0.4, 0.5) is 0 Å². The van der Waals surface area contributed by atoms with Crippen molar-refractivity contribution in [1.29, 1.82) is 0 Å². The van der Waals surface area contributed by atoms with E-state index in [4.69, 9.17) is 6.42 Å². The van der Waals surface area contributed by atoms with E-state index in [0.717, 1.165) is 0 Å².